The highest BCUT2D eigenvalue weighted by Gasteiger charge is 2.11. The Labute approximate surface area is 90.2 Å². The molecule has 0 atom stereocenters. The van der Waals surface area contributed by atoms with Crippen molar-refractivity contribution in [2.45, 2.75) is 26.7 Å². The van der Waals surface area contributed by atoms with E-state index in [0.717, 1.165) is 12.8 Å². The number of amides is 1. The van der Waals surface area contributed by atoms with E-state index in [0.29, 0.717) is 12.5 Å². The summed E-state index contributed by atoms with van der Waals surface area (Å²) >= 11 is 0. The van der Waals surface area contributed by atoms with Gasteiger partial charge in [0.15, 0.2) is 0 Å². The van der Waals surface area contributed by atoms with Crippen molar-refractivity contribution in [1.82, 2.24) is 4.90 Å². The van der Waals surface area contributed by atoms with Crippen molar-refractivity contribution in [2.75, 3.05) is 19.6 Å². The highest BCUT2D eigenvalue weighted by molar-refractivity contribution is 5.77. The number of carboxylic acid groups (broad SMARTS) is 1. The molecule has 0 saturated carbocycles. The van der Waals surface area contributed by atoms with Crippen LogP contribution in [0.25, 0.3) is 0 Å². The molecule has 1 amide bonds. The number of nitrogens with zero attached hydrogens (tertiary/aromatic N) is 1. The van der Waals surface area contributed by atoms with Crippen LogP contribution in [0.3, 0.4) is 0 Å². The molecule has 0 spiro atoms. The van der Waals surface area contributed by atoms with Crippen molar-refractivity contribution in [3.8, 4) is 0 Å². The summed E-state index contributed by atoms with van der Waals surface area (Å²) in [7, 11) is 0. The number of carboxylic acids is 1. The summed E-state index contributed by atoms with van der Waals surface area (Å²) in [4.78, 5) is 22.7. The summed E-state index contributed by atoms with van der Waals surface area (Å²) in [5.41, 5.74) is 5.03. The standard InChI is InChI=1S/C10H20N2O3/c1-8(2)4-3-5-12(6-9(11)13)7-10(14)15/h8H,3-7H2,1-2H3,(H2,11,13)(H,14,15). The van der Waals surface area contributed by atoms with E-state index in [4.69, 9.17) is 10.8 Å². The SMILES string of the molecule is CC(C)CCCN(CC(N)=O)CC(=O)O. The number of rotatable bonds is 8. The summed E-state index contributed by atoms with van der Waals surface area (Å²) < 4.78 is 0. The first kappa shape index (κ1) is 13.9. The van der Waals surface area contributed by atoms with E-state index in [-0.39, 0.29) is 13.1 Å². The molecule has 0 aliphatic heterocycles. The van der Waals surface area contributed by atoms with E-state index in [1.165, 1.54) is 0 Å². The summed E-state index contributed by atoms with van der Waals surface area (Å²) in [5.74, 6) is -0.827. The lowest BCUT2D eigenvalue weighted by molar-refractivity contribution is -0.138. The molecule has 15 heavy (non-hydrogen) atoms. The van der Waals surface area contributed by atoms with Gasteiger partial charge in [-0.15, -0.1) is 0 Å². The van der Waals surface area contributed by atoms with Crippen LogP contribution in [-0.4, -0.2) is 41.5 Å². The molecule has 0 unspecified atom stereocenters. The first-order valence-electron chi connectivity index (χ1n) is 5.14. The third kappa shape index (κ3) is 9.21. The van der Waals surface area contributed by atoms with Gasteiger partial charge in [0.2, 0.25) is 5.91 Å². The molecule has 0 aliphatic rings. The van der Waals surface area contributed by atoms with Gasteiger partial charge in [0.25, 0.3) is 0 Å². The number of nitrogens with two attached hydrogens (primary N) is 1. The zero-order chi connectivity index (χ0) is 11.8. The van der Waals surface area contributed by atoms with Gasteiger partial charge in [-0.1, -0.05) is 13.8 Å². The van der Waals surface area contributed by atoms with Gasteiger partial charge in [0, 0.05) is 0 Å². The zero-order valence-electron chi connectivity index (χ0n) is 9.40. The molecule has 0 aromatic carbocycles. The fourth-order valence-electron chi connectivity index (χ4n) is 1.35. The maximum absolute atomic E-state index is 10.7. The number of carbonyl (C=O) groups excluding carboxylic acids is 1. The van der Waals surface area contributed by atoms with Crippen LogP contribution < -0.4 is 5.73 Å². The van der Waals surface area contributed by atoms with E-state index in [9.17, 15) is 9.59 Å². The van der Waals surface area contributed by atoms with Gasteiger partial charge < -0.3 is 10.8 Å². The van der Waals surface area contributed by atoms with Crippen LogP contribution in [0.5, 0.6) is 0 Å². The van der Waals surface area contributed by atoms with E-state index in [1.807, 2.05) is 0 Å². The Morgan fingerprint density at radius 1 is 1.33 bits per heavy atom. The van der Waals surface area contributed by atoms with Crippen LogP contribution in [0.2, 0.25) is 0 Å². The molecule has 0 rings (SSSR count). The summed E-state index contributed by atoms with van der Waals surface area (Å²) in [6, 6.07) is 0. The summed E-state index contributed by atoms with van der Waals surface area (Å²) in [6.45, 7) is 4.71. The van der Waals surface area contributed by atoms with E-state index >= 15 is 0 Å². The molecular weight excluding hydrogens is 196 g/mol. The Kier molecular flexibility index (Phi) is 6.70. The molecule has 3 N–H and O–H groups in total. The summed E-state index contributed by atoms with van der Waals surface area (Å²) in [5, 5.41) is 8.61. The van der Waals surface area contributed by atoms with Crippen molar-refractivity contribution >= 4 is 11.9 Å². The van der Waals surface area contributed by atoms with E-state index in [1.54, 1.807) is 4.90 Å². The van der Waals surface area contributed by atoms with Gasteiger partial charge in [-0.25, -0.2) is 0 Å². The average molecular weight is 216 g/mol. The first-order valence-corrected chi connectivity index (χ1v) is 5.14. The second-order valence-corrected chi connectivity index (χ2v) is 4.11. The average Bonchev–Trinajstić information content (AvgIpc) is 2.00. The molecule has 5 heteroatoms. The second kappa shape index (κ2) is 7.23. The molecule has 0 heterocycles. The number of hydrogen-bond donors (Lipinski definition) is 2. The maximum Gasteiger partial charge on any atom is 0.317 e. The quantitative estimate of drug-likeness (QED) is 0.611. The van der Waals surface area contributed by atoms with Gasteiger partial charge >= 0.3 is 5.97 Å². The smallest absolute Gasteiger partial charge is 0.317 e. The molecule has 0 aromatic rings. The van der Waals surface area contributed by atoms with Crippen LogP contribution in [0, 0.1) is 5.92 Å². The van der Waals surface area contributed by atoms with Gasteiger partial charge in [0.1, 0.15) is 0 Å². The molecule has 0 aromatic heterocycles. The fourth-order valence-corrected chi connectivity index (χ4v) is 1.35. The number of carbonyl (C=O) groups is 2. The fraction of sp³-hybridized carbons (Fsp3) is 0.800. The Balaban J connectivity index is 3.89. The predicted octanol–water partition coefficient (Wildman–Crippen LogP) is 0.295. The third-order valence-corrected chi connectivity index (χ3v) is 1.99. The van der Waals surface area contributed by atoms with Crippen molar-refractivity contribution in [3.05, 3.63) is 0 Å². The molecule has 0 bridgehead atoms. The Morgan fingerprint density at radius 3 is 2.33 bits per heavy atom. The van der Waals surface area contributed by atoms with Crippen LogP contribution in [0.1, 0.15) is 26.7 Å². The lowest BCUT2D eigenvalue weighted by Gasteiger charge is -2.18. The lowest BCUT2D eigenvalue weighted by Crippen LogP contribution is -2.38. The van der Waals surface area contributed by atoms with Gasteiger partial charge in [-0.2, -0.15) is 0 Å². The van der Waals surface area contributed by atoms with Crippen LogP contribution in [0.15, 0.2) is 0 Å². The number of hydrogen-bond acceptors (Lipinski definition) is 3. The van der Waals surface area contributed by atoms with Crippen molar-refractivity contribution in [1.29, 1.82) is 0 Å². The highest BCUT2D eigenvalue weighted by Crippen LogP contribution is 2.04. The van der Waals surface area contributed by atoms with Gasteiger partial charge in [0.05, 0.1) is 13.1 Å². The van der Waals surface area contributed by atoms with Crippen LogP contribution in [-0.2, 0) is 9.59 Å². The minimum Gasteiger partial charge on any atom is -0.480 e. The van der Waals surface area contributed by atoms with Gasteiger partial charge in [-0.05, 0) is 25.3 Å². The van der Waals surface area contributed by atoms with Crippen molar-refractivity contribution < 1.29 is 14.7 Å². The minimum absolute atomic E-state index is 0.0182. The Bertz CT molecular complexity index is 201. The van der Waals surface area contributed by atoms with Gasteiger partial charge in [-0.3, -0.25) is 14.5 Å². The largest absolute Gasteiger partial charge is 0.480 e. The lowest BCUT2D eigenvalue weighted by atomic mass is 10.1. The molecule has 0 radical (unpaired) electrons. The maximum atomic E-state index is 10.7. The van der Waals surface area contributed by atoms with E-state index < -0.39 is 11.9 Å². The van der Waals surface area contributed by atoms with Crippen LogP contribution in [0.4, 0.5) is 0 Å². The predicted molar refractivity (Wildman–Crippen MR) is 57.3 cm³/mol. The first-order chi connectivity index (χ1) is 6.91. The van der Waals surface area contributed by atoms with E-state index in [2.05, 4.69) is 13.8 Å². The Hall–Kier alpha value is -1.10. The van der Waals surface area contributed by atoms with Crippen molar-refractivity contribution in [2.24, 2.45) is 11.7 Å². The monoisotopic (exact) mass is 216 g/mol. The third-order valence-electron chi connectivity index (χ3n) is 1.99. The van der Waals surface area contributed by atoms with Crippen molar-refractivity contribution in [3.63, 3.8) is 0 Å². The highest BCUT2D eigenvalue weighted by atomic mass is 16.4. The number of aliphatic carboxylic acids is 1. The normalized spacial score (nSPS) is 10.9. The second-order valence-electron chi connectivity index (χ2n) is 4.11. The Morgan fingerprint density at radius 2 is 1.93 bits per heavy atom. The molecule has 0 saturated heterocycles. The molecule has 88 valence electrons. The molecule has 0 fully saturated rings. The molecule has 5 nitrogen and oxygen atoms in total. The van der Waals surface area contributed by atoms with Crippen LogP contribution >= 0.6 is 0 Å². The summed E-state index contributed by atoms with van der Waals surface area (Å²) in [6.07, 6.45) is 1.91. The topological polar surface area (TPSA) is 83.6 Å². The molecule has 0 aliphatic carbocycles. The minimum atomic E-state index is -0.930. The zero-order valence-corrected chi connectivity index (χ0v) is 9.40. The molecular formula is C10H20N2O3. The number of primary amides is 1.